The van der Waals surface area contributed by atoms with Crippen molar-refractivity contribution < 1.29 is 4.74 Å². The standard InChI is InChI=1S/C21H22N2O/c1-15-20(9-6-17-3-2-12-23-21(15)17)16-4-7-18(8-5-16)24-19-10-13-22-14-11-19/h2-9,12,19,22H,10-11,13-14H2,1H3. The van der Waals surface area contributed by atoms with Crippen LogP contribution in [0.3, 0.4) is 0 Å². The fourth-order valence-corrected chi connectivity index (χ4v) is 3.42. The molecule has 1 aliphatic heterocycles. The molecular formula is C21H22N2O. The van der Waals surface area contributed by atoms with Gasteiger partial charge in [-0.15, -0.1) is 0 Å². The number of piperidine rings is 1. The minimum absolute atomic E-state index is 0.337. The van der Waals surface area contributed by atoms with Crippen LogP contribution in [-0.4, -0.2) is 24.2 Å². The first-order valence-corrected chi connectivity index (χ1v) is 8.63. The van der Waals surface area contributed by atoms with Crippen LogP contribution in [-0.2, 0) is 0 Å². The average molecular weight is 318 g/mol. The molecule has 122 valence electrons. The molecule has 1 aromatic heterocycles. The minimum atomic E-state index is 0.337. The van der Waals surface area contributed by atoms with Crippen molar-refractivity contribution >= 4 is 10.9 Å². The molecule has 2 aromatic carbocycles. The number of hydrogen-bond acceptors (Lipinski definition) is 3. The van der Waals surface area contributed by atoms with Gasteiger partial charge in [0.05, 0.1) is 5.52 Å². The van der Waals surface area contributed by atoms with Gasteiger partial charge in [0.15, 0.2) is 0 Å². The summed E-state index contributed by atoms with van der Waals surface area (Å²) in [6.45, 7) is 4.24. The summed E-state index contributed by atoms with van der Waals surface area (Å²) in [6.07, 6.45) is 4.35. The lowest BCUT2D eigenvalue weighted by atomic mass is 9.98. The lowest BCUT2D eigenvalue weighted by Crippen LogP contribution is -2.34. The van der Waals surface area contributed by atoms with Crippen LogP contribution in [0.25, 0.3) is 22.0 Å². The van der Waals surface area contributed by atoms with Gasteiger partial charge in [0.2, 0.25) is 0 Å². The highest BCUT2D eigenvalue weighted by Crippen LogP contribution is 2.30. The quantitative estimate of drug-likeness (QED) is 0.780. The first-order valence-electron chi connectivity index (χ1n) is 8.63. The van der Waals surface area contributed by atoms with E-state index in [9.17, 15) is 0 Å². The van der Waals surface area contributed by atoms with Crippen molar-refractivity contribution in [1.82, 2.24) is 10.3 Å². The van der Waals surface area contributed by atoms with E-state index in [1.165, 1.54) is 22.1 Å². The average Bonchev–Trinajstić information content (AvgIpc) is 2.64. The molecule has 2 heterocycles. The summed E-state index contributed by atoms with van der Waals surface area (Å²) in [5.74, 6) is 0.960. The summed E-state index contributed by atoms with van der Waals surface area (Å²) in [4.78, 5) is 4.53. The van der Waals surface area contributed by atoms with E-state index in [0.717, 1.165) is 37.2 Å². The second-order valence-electron chi connectivity index (χ2n) is 6.40. The predicted octanol–water partition coefficient (Wildman–Crippen LogP) is 4.34. The van der Waals surface area contributed by atoms with Crippen LogP contribution in [0.15, 0.2) is 54.7 Å². The third kappa shape index (κ3) is 3.00. The van der Waals surface area contributed by atoms with Gasteiger partial charge in [-0.25, -0.2) is 0 Å². The van der Waals surface area contributed by atoms with Crippen molar-refractivity contribution in [2.45, 2.75) is 25.9 Å². The van der Waals surface area contributed by atoms with Crippen molar-refractivity contribution in [2.75, 3.05) is 13.1 Å². The van der Waals surface area contributed by atoms with Gasteiger partial charge in [0.25, 0.3) is 0 Å². The SMILES string of the molecule is Cc1c(-c2ccc(OC3CCNCC3)cc2)ccc2cccnc12. The maximum absolute atomic E-state index is 6.09. The highest BCUT2D eigenvalue weighted by Gasteiger charge is 2.14. The predicted molar refractivity (Wildman–Crippen MR) is 98.4 cm³/mol. The zero-order valence-electron chi connectivity index (χ0n) is 14.0. The van der Waals surface area contributed by atoms with Crippen LogP contribution in [0.2, 0.25) is 0 Å². The first kappa shape index (κ1) is 15.2. The Labute approximate surface area is 142 Å². The van der Waals surface area contributed by atoms with Crippen LogP contribution >= 0.6 is 0 Å². The van der Waals surface area contributed by atoms with Gasteiger partial charge in [0.1, 0.15) is 11.9 Å². The molecule has 4 rings (SSSR count). The first-order chi connectivity index (χ1) is 11.8. The van der Waals surface area contributed by atoms with Gasteiger partial charge in [-0.2, -0.15) is 0 Å². The van der Waals surface area contributed by atoms with E-state index in [0.29, 0.717) is 6.10 Å². The van der Waals surface area contributed by atoms with Gasteiger partial charge in [0, 0.05) is 11.6 Å². The number of hydrogen-bond donors (Lipinski definition) is 1. The van der Waals surface area contributed by atoms with E-state index in [1.54, 1.807) is 0 Å². The molecule has 0 amide bonds. The zero-order valence-corrected chi connectivity index (χ0v) is 14.0. The highest BCUT2D eigenvalue weighted by molar-refractivity contribution is 5.88. The Balaban J connectivity index is 1.59. The normalized spacial score (nSPS) is 15.5. The molecule has 0 unspecified atom stereocenters. The molecule has 0 atom stereocenters. The van der Waals surface area contributed by atoms with Gasteiger partial charge >= 0.3 is 0 Å². The molecule has 0 saturated carbocycles. The minimum Gasteiger partial charge on any atom is -0.490 e. The Morgan fingerprint density at radius 1 is 1.00 bits per heavy atom. The number of rotatable bonds is 3. The lowest BCUT2D eigenvalue weighted by Gasteiger charge is -2.23. The molecule has 0 bridgehead atoms. The van der Waals surface area contributed by atoms with Crippen molar-refractivity contribution in [2.24, 2.45) is 0 Å². The topological polar surface area (TPSA) is 34.1 Å². The van der Waals surface area contributed by atoms with Crippen LogP contribution in [0.1, 0.15) is 18.4 Å². The number of ether oxygens (including phenoxy) is 1. The third-order valence-corrected chi connectivity index (χ3v) is 4.78. The second kappa shape index (κ2) is 6.62. The summed E-state index contributed by atoms with van der Waals surface area (Å²) in [5, 5.41) is 4.55. The fraction of sp³-hybridized carbons (Fsp3) is 0.286. The summed E-state index contributed by atoms with van der Waals surface area (Å²) < 4.78 is 6.09. The number of aryl methyl sites for hydroxylation is 1. The van der Waals surface area contributed by atoms with E-state index >= 15 is 0 Å². The van der Waals surface area contributed by atoms with Crippen LogP contribution in [0.4, 0.5) is 0 Å². The van der Waals surface area contributed by atoms with E-state index in [1.807, 2.05) is 12.3 Å². The van der Waals surface area contributed by atoms with Gasteiger partial charge < -0.3 is 10.1 Å². The van der Waals surface area contributed by atoms with Crippen LogP contribution in [0.5, 0.6) is 5.75 Å². The molecule has 24 heavy (non-hydrogen) atoms. The van der Waals surface area contributed by atoms with Gasteiger partial charge in [-0.1, -0.05) is 30.3 Å². The molecule has 3 aromatic rings. The van der Waals surface area contributed by atoms with Gasteiger partial charge in [-0.3, -0.25) is 4.98 Å². The largest absolute Gasteiger partial charge is 0.490 e. The lowest BCUT2D eigenvalue weighted by molar-refractivity contribution is 0.162. The molecule has 1 fully saturated rings. The zero-order chi connectivity index (χ0) is 16.4. The maximum atomic E-state index is 6.09. The number of aromatic nitrogens is 1. The number of fused-ring (bicyclic) bond motifs is 1. The molecule has 0 aliphatic carbocycles. The molecular weight excluding hydrogens is 296 g/mol. The van der Waals surface area contributed by atoms with Crippen molar-refractivity contribution in [3.8, 4) is 16.9 Å². The van der Waals surface area contributed by atoms with Gasteiger partial charge in [-0.05, 0) is 67.7 Å². The van der Waals surface area contributed by atoms with Crippen molar-refractivity contribution in [3.63, 3.8) is 0 Å². The van der Waals surface area contributed by atoms with Crippen molar-refractivity contribution in [1.29, 1.82) is 0 Å². The summed E-state index contributed by atoms with van der Waals surface area (Å²) in [5.41, 5.74) is 4.73. The Morgan fingerprint density at radius 3 is 2.58 bits per heavy atom. The molecule has 0 spiro atoms. The summed E-state index contributed by atoms with van der Waals surface area (Å²) >= 11 is 0. The number of pyridine rings is 1. The Hall–Kier alpha value is -2.39. The number of nitrogens with zero attached hydrogens (tertiary/aromatic N) is 1. The molecule has 1 aliphatic rings. The van der Waals surface area contributed by atoms with Crippen molar-refractivity contribution in [3.05, 3.63) is 60.3 Å². The number of nitrogens with one attached hydrogen (secondary N) is 1. The van der Waals surface area contributed by atoms with Crippen LogP contribution < -0.4 is 10.1 Å². The Morgan fingerprint density at radius 2 is 1.79 bits per heavy atom. The van der Waals surface area contributed by atoms with Crippen LogP contribution in [0, 0.1) is 6.92 Å². The highest BCUT2D eigenvalue weighted by atomic mass is 16.5. The Kier molecular flexibility index (Phi) is 4.18. The van der Waals surface area contributed by atoms with E-state index in [2.05, 4.69) is 59.7 Å². The van der Waals surface area contributed by atoms with E-state index in [-0.39, 0.29) is 0 Å². The maximum Gasteiger partial charge on any atom is 0.119 e. The van der Waals surface area contributed by atoms with E-state index < -0.39 is 0 Å². The molecule has 1 N–H and O–H groups in total. The molecule has 1 saturated heterocycles. The third-order valence-electron chi connectivity index (χ3n) is 4.78. The fourth-order valence-electron chi connectivity index (χ4n) is 3.42. The summed E-state index contributed by atoms with van der Waals surface area (Å²) in [7, 11) is 0. The molecule has 0 radical (unpaired) electrons. The van der Waals surface area contributed by atoms with E-state index in [4.69, 9.17) is 4.74 Å². The molecule has 3 nitrogen and oxygen atoms in total. The molecule has 3 heteroatoms. The smallest absolute Gasteiger partial charge is 0.119 e. The number of benzene rings is 2. The summed E-state index contributed by atoms with van der Waals surface area (Å²) in [6, 6.07) is 16.9. The second-order valence-corrected chi connectivity index (χ2v) is 6.40. The monoisotopic (exact) mass is 318 g/mol. The Bertz CT molecular complexity index is 836.